The minimum Gasteiger partial charge on any atom is -0.385 e. The van der Waals surface area contributed by atoms with Gasteiger partial charge in [-0.25, -0.2) is 0 Å². The Bertz CT molecular complexity index is 269. The predicted octanol–water partition coefficient (Wildman–Crippen LogP) is 2.39. The van der Waals surface area contributed by atoms with Crippen LogP contribution in [0.4, 0.5) is 0 Å². The SMILES string of the molecule is CCC1NC(CC(C)C)N(CCCCCOC)C1=O. The van der Waals surface area contributed by atoms with Crippen molar-refractivity contribution >= 4 is 5.91 Å². The molecule has 1 amide bonds. The van der Waals surface area contributed by atoms with E-state index in [4.69, 9.17) is 4.74 Å². The molecule has 0 aromatic rings. The van der Waals surface area contributed by atoms with Gasteiger partial charge in [-0.15, -0.1) is 0 Å². The van der Waals surface area contributed by atoms with Gasteiger partial charge in [0.05, 0.1) is 12.2 Å². The first kappa shape index (κ1) is 16.4. The molecular formula is C15H30N2O2. The van der Waals surface area contributed by atoms with Crippen molar-refractivity contribution in [3.05, 3.63) is 0 Å². The van der Waals surface area contributed by atoms with Crippen molar-refractivity contribution in [2.45, 2.75) is 65.1 Å². The summed E-state index contributed by atoms with van der Waals surface area (Å²) in [4.78, 5) is 14.3. The van der Waals surface area contributed by atoms with Crippen molar-refractivity contribution in [3.63, 3.8) is 0 Å². The largest absolute Gasteiger partial charge is 0.385 e. The van der Waals surface area contributed by atoms with Crippen LogP contribution in [0.1, 0.15) is 52.9 Å². The summed E-state index contributed by atoms with van der Waals surface area (Å²) >= 11 is 0. The Morgan fingerprint density at radius 3 is 2.63 bits per heavy atom. The molecule has 19 heavy (non-hydrogen) atoms. The molecule has 1 aliphatic heterocycles. The summed E-state index contributed by atoms with van der Waals surface area (Å²) in [6, 6.07) is 0.0303. The first-order valence-corrected chi connectivity index (χ1v) is 7.65. The molecule has 0 radical (unpaired) electrons. The van der Waals surface area contributed by atoms with Crippen molar-refractivity contribution in [3.8, 4) is 0 Å². The van der Waals surface area contributed by atoms with E-state index in [0.717, 1.165) is 45.3 Å². The van der Waals surface area contributed by atoms with Crippen LogP contribution >= 0.6 is 0 Å². The van der Waals surface area contributed by atoms with E-state index < -0.39 is 0 Å². The standard InChI is InChI=1S/C15H30N2O2/c1-5-13-15(18)17(9-7-6-8-10-19-4)14(16-13)11-12(2)3/h12-14,16H,5-11H2,1-4H3. The molecule has 4 nitrogen and oxygen atoms in total. The van der Waals surface area contributed by atoms with Gasteiger partial charge in [0.25, 0.3) is 0 Å². The molecule has 1 aliphatic rings. The van der Waals surface area contributed by atoms with Crippen LogP contribution in [0.2, 0.25) is 0 Å². The van der Waals surface area contributed by atoms with E-state index in [1.807, 2.05) is 0 Å². The number of carbonyl (C=O) groups excluding carboxylic acids is 1. The number of nitrogens with zero attached hydrogens (tertiary/aromatic N) is 1. The Morgan fingerprint density at radius 2 is 2.05 bits per heavy atom. The normalized spacial score (nSPS) is 23.6. The Kier molecular flexibility index (Phi) is 7.39. The van der Waals surface area contributed by atoms with Crippen molar-refractivity contribution in [2.24, 2.45) is 5.92 Å². The van der Waals surface area contributed by atoms with E-state index in [0.29, 0.717) is 11.8 Å². The smallest absolute Gasteiger partial charge is 0.241 e. The lowest BCUT2D eigenvalue weighted by Gasteiger charge is -2.25. The van der Waals surface area contributed by atoms with E-state index in [2.05, 4.69) is 31.0 Å². The van der Waals surface area contributed by atoms with Gasteiger partial charge in [0.1, 0.15) is 0 Å². The average molecular weight is 270 g/mol. The third-order valence-electron chi connectivity index (χ3n) is 3.70. The fourth-order valence-electron chi connectivity index (χ4n) is 2.65. The van der Waals surface area contributed by atoms with Gasteiger partial charge < -0.3 is 9.64 Å². The monoisotopic (exact) mass is 270 g/mol. The number of amides is 1. The molecule has 0 aliphatic carbocycles. The van der Waals surface area contributed by atoms with E-state index >= 15 is 0 Å². The maximum Gasteiger partial charge on any atom is 0.241 e. The number of hydrogen-bond donors (Lipinski definition) is 1. The molecule has 2 unspecified atom stereocenters. The topological polar surface area (TPSA) is 41.6 Å². The molecule has 0 spiro atoms. The molecule has 1 fully saturated rings. The molecule has 4 heteroatoms. The quantitative estimate of drug-likeness (QED) is 0.654. The van der Waals surface area contributed by atoms with Gasteiger partial charge >= 0.3 is 0 Å². The highest BCUT2D eigenvalue weighted by atomic mass is 16.5. The summed E-state index contributed by atoms with van der Waals surface area (Å²) in [6.07, 6.45) is 5.44. The van der Waals surface area contributed by atoms with Crippen molar-refractivity contribution < 1.29 is 9.53 Å². The number of nitrogens with one attached hydrogen (secondary N) is 1. The lowest BCUT2D eigenvalue weighted by molar-refractivity contribution is -0.130. The third-order valence-corrected chi connectivity index (χ3v) is 3.70. The molecule has 112 valence electrons. The molecule has 0 saturated carbocycles. The molecule has 1 saturated heterocycles. The van der Waals surface area contributed by atoms with Crippen LogP contribution in [0, 0.1) is 5.92 Å². The molecule has 0 bridgehead atoms. The van der Waals surface area contributed by atoms with Crippen LogP contribution in [0.3, 0.4) is 0 Å². The summed E-state index contributed by atoms with van der Waals surface area (Å²) in [5.41, 5.74) is 0. The van der Waals surface area contributed by atoms with Gasteiger partial charge in [-0.3, -0.25) is 10.1 Å². The van der Waals surface area contributed by atoms with Gasteiger partial charge in [0, 0.05) is 20.3 Å². The van der Waals surface area contributed by atoms with Gasteiger partial charge in [-0.05, 0) is 38.0 Å². The van der Waals surface area contributed by atoms with Crippen molar-refractivity contribution in [1.29, 1.82) is 0 Å². The number of ether oxygens (including phenoxy) is 1. The van der Waals surface area contributed by atoms with Crippen LogP contribution < -0.4 is 5.32 Å². The second-order valence-corrected chi connectivity index (χ2v) is 5.86. The van der Waals surface area contributed by atoms with Gasteiger partial charge in [0.2, 0.25) is 5.91 Å². The minimum absolute atomic E-state index is 0.0303. The molecule has 0 aromatic carbocycles. The Labute approximate surface area is 117 Å². The highest BCUT2D eigenvalue weighted by molar-refractivity contribution is 5.84. The summed E-state index contributed by atoms with van der Waals surface area (Å²) in [6.45, 7) is 8.19. The van der Waals surface area contributed by atoms with Crippen LogP contribution in [-0.4, -0.2) is 43.3 Å². The zero-order chi connectivity index (χ0) is 14.3. The van der Waals surface area contributed by atoms with Crippen LogP contribution in [0.25, 0.3) is 0 Å². The second kappa shape index (κ2) is 8.54. The lowest BCUT2D eigenvalue weighted by atomic mass is 10.1. The predicted molar refractivity (Wildman–Crippen MR) is 77.9 cm³/mol. The summed E-state index contributed by atoms with van der Waals surface area (Å²) in [5.74, 6) is 0.900. The number of methoxy groups -OCH3 is 1. The Morgan fingerprint density at radius 1 is 1.32 bits per heavy atom. The van der Waals surface area contributed by atoms with E-state index in [1.54, 1.807) is 7.11 Å². The number of hydrogen-bond acceptors (Lipinski definition) is 3. The van der Waals surface area contributed by atoms with Gasteiger partial charge in [-0.1, -0.05) is 20.8 Å². The molecule has 1 rings (SSSR count). The van der Waals surface area contributed by atoms with Gasteiger partial charge in [0.15, 0.2) is 0 Å². The zero-order valence-corrected chi connectivity index (χ0v) is 12.9. The van der Waals surface area contributed by atoms with E-state index in [1.165, 1.54) is 0 Å². The molecule has 2 atom stereocenters. The van der Waals surface area contributed by atoms with Crippen LogP contribution in [0.15, 0.2) is 0 Å². The minimum atomic E-state index is 0.0303. The van der Waals surface area contributed by atoms with Crippen molar-refractivity contribution in [1.82, 2.24) is 10.2 Å². The number of carbonyl (C=O) groups is 1. The summed E-state index contributed by atoms with van der Waals surface area (Å²) in [7, 11) is 1.73. The van der Waals surface area contributed by atoms with E-state index in [9.17, 15) is 4.79 Å². The molecule has 1 heterocycles. The fraction of sp³-hybridized carbons (Fsp3) is 0.933. The van der Waals surface area contributed by atoms with E-state index in [-0.39, 0.29) is 12.2 Å². The molecule has 1 N–H and O–H groups in total. The summed E-state index contributed by atoms with van der Waals surface area (Å²) in [5, 5.41) is 3.48. The average Bonchev–Trinajstić information content (AvgIpc) is 2.65. The number of unbranched alkanes of at least 4 members (excludes halogenated alkanes) is 2. The van der Waals surface area contributed by atoms with Crippen LogP contribution in [-0.2, 0) is 9.53 Å². The maximum atomic E-state index is 12.3. The second-order valence-electron chi connectivity index (χ2n) is 5.86. The van der Waals surface area contributed by atoms with Gasteiger partial charge in [-0.2, -0.15) is 0 Å². The third kappa shape index (κ3) is 5.11. The zero-order valence-electron chi connectivity index (χ0n) is 12.9. The Balaban J connectivity index is 2.43. The highest BCUT2D eigenvalue weighted by Gasteiger charge is 2.37. The van der Waals surface area contributed by atoms with Crippen molar-refractivity contribution in [2.75, 3.05) is 20.3 Å². The summed E-state index contributed by atoms with van der Waals surface area (Å²) < 4.78 is 5.05. The Hall–Kier alpha value is -0.610. The molecular weight excluding hydrogens is 240 g/mol. The maximum absolute atomic E-state index is 12.3. The fourth-order valence-corrected chi connectivity index (χ4v) is 2.65. The lowest BCUT2D eigenvalue weighted by Crippen LogP contribution is -2.39. The highest BCUT2D eigenvalue weighted by Crippen LogP contribution is 2.19. The number of rotatable bonds is 9. The van der Waals surface area contributed by atoms with Crippen LogP contribution in [0.5, 0.6) is 0 Å². The first-order valence-electron chi connectivity index (χ1n) is 7.65. The first-order chi connectivity index (χ1) is 9.10. The molecule has 0 aromatic heterocycles.